The van der Waals surface area contributed by atoms with Gasteiger partial charge in [0.1, 0.15) is 0 Å². The third-order valence-electron chi connectivity index (χ3n) is 2.34. The van der Waals surface area contributed by atoms with Crippen molar-refractivity contribution in [1.29, 1.82) is 0 Å². The van der Waals surface area contributed by atoms with E-state index in [4.69, 9.17) is 5.11 Å². The molecule has 0 aromatic heterocycles. The van der Waals surface area contributed by atoms with Crippen LogP contribution in [0.2, 0.25) is 0 Å². The molecule has 1 aromatic rings. The van der Waals surface area contributed by atoms with Crippen LogP contribution in [-0.2, 0) is 16.0 Å². The minimum Gasteiger partial charge on any atom is -0.481 e. The Kier molecular flexibility index (Phi) is 6.25. The van der Waals surface area contributed by atoms with Crippen molar-refractivity contribution in [1.82, 2.24) is 5.32 Å². The second-order valence-corrected chi connectivity index (χ2v) is 3.86. The molecule has 1 aromatic carbocycles. The first-order chi connectivity index (χ1) is 8.68. The van der Waals surface area contributed by atoms with Crippen LogP contribution in [0.5, 0.6) is 0 Å². The fourth-order valence-corrected chi connectivity index (χ4v) is 1.44. The van der Waals surface area contributed by atoms with E-state index in [0.717, 1.165) is 6.42 Å². The van der Waals surface area contributed by atoms with Crippen LogP contribution in [-0.4, -0.2) is 23.5 Å². The lowest BCUT2D eigenvalue weighted by Crippen LogP contribution is -2.24. The number of hydrogen-bond acceptors (Lipinski definition) is 2. The van der Waals surface area contributed by atoms with Crippen molar-refractivity contribution in [2.24, 2.45) is 0 Å². The maximum absolute atomic E-state index is 11.4. The highest BCUT2D eigenvalue weighted by molar-refractivity contribution is 5.77. The van der Waals surface area contributed by atoms with Gasteiger partial charge in [-0.05, 0) is 12.0 Å². The quantitative estimate of drug-likeness (QED) is 0.721. The van der Waals surface area contributed by atoms with Crippen molar-refractivity contribution >= 4 is 11.9 Å². The van der Waals surface area contributed by atoms with E-state index >= 15 is 0 Å². The Balaban J connectivity index is 2.14. The van der Waals surface area contributed by atoms with Crippen LogP contribution in [0.3, 0.4) is 0 Å². The van der Waals surface area contributed by atoms with Gasteiger partial charge in [0.2, 0.25) is 5.91 Å². The van der Waals surface area contributed by atoms with E-state index in [1.54, 1.807) is 6.08 Å². The number of carboxylic acids is 1. The summed E-state index contributed by atoms with van der Waals surface area (Å²) in [6, 6.07) is 9.91. The number of rotatable bonds is 7. The zero-order valence-electron chi connectivity index (χ0n) is 10.1. The summed E-state index contributed by atoms with van der Waals surface area (Å²) in [5.41, 5.74) is 1.18. The fourth-order valence-electron chi connectivity index (χ4n) is 1.44. The molecule has 4 nitrogen and oxygen atoms in total. The number of aliphatic carboxylic acids is 1. The Bertz CT molecular complexity index is 412. The molecule has 1 rings (SSSR count). The van der Waals surface area contributed by atoms with Crippen LogP contribution in [0, 0.1) is 0 Å². The van der Waals surface area contributed by atoms with Crippen molar-refractivity contribution in [3.05, 3.63) is 48.0 Å². The molecular weight excluding hydrogens is 230 g/mol. The van der Waals surface area contributed by atoms with E-state index in [-0.39, 0.29) is 18.7 Å². The molecule has 0 bridgehead atoms. The molecule has 4 heteroatoms. The lowest BCUT2D eigenvalue weighted by Gasteiger charge is -2.03. The standard InChI is InChI=1S/C14H17NO3/c16-13(8-4-5-9-14(17)18)15-11-10-12-6-2-1-3-7-12/h1-7H,8-11H2,(H,15,16)(H,17,18). The molecule has 2 N–H and O–H groups in total. The highest BCUT2D eigenvalue weighted by atomic mass is 16.4. The summed E-state index contributed by atoms with van der Waals surface area (Å²) in [4.78, 5) is 21.6. The summed E-state index contributed by atoms with van der Waals surface area (Å²) >= 11 is 0. The van der Waals surface area contributed by atoms with Crippen molar-refractivity contribution in [3.63, 3.8) is 0 Å². The molecule has 0 saturated heterocycles. The molecule has 0 aliphatic heterocycles. The van der Waals surface area contributed by atoms with Crippen LogP contribution >= 0.6 is 0 Å². The highest BCUT2D eigenvalue weighted by Crippen LogP contribution is 1.98. The molecule has 0 spiro atoms. The molecule has 0 aliphatic carbocycles. The second kappa shape index (κ2) is 8.06. The van der Waals surface area contributed by atoms with Gasteiger partial charge in [0.15, 0.2) is 0 Å². The summed E-state index contributed by atoms with van der Waals surface area (Å²) in [5, 5.41) is 11.2. The van der Waals surface area contributed by atoms with Gasteiger partial charge in [0, 0.05) is 13.0 Å². The Morgan fingerprint density at radius 2 is 1.78 bits per heavy atom. The largest absolute Gasteiger partial charge is 0.481 e. The van der Waals surface area contributed by atoms with Crippen molar-refractivity contribution in [3.8, 4) is 0 Å². The van der Waals surface area contributed by atoms with Gasteiger partial charge < -0.3 is 10.4 Å². The Labute approximate surface area is 106 Å². The van der Waals surface area contributed by atoms with Crippen LogP contribution < -0.4 is 5.32 Å². The minimum absolute atomic E-state index is 0.0443. The van der Waals surface area contributed by atoms with Crippen molar-refractivity contribution in [2.75, 3.05) is 6.54 Å². The number of benzene rings is 1. The molecule has 96 valence electrons. The van der Waals surface area contributed by atoms with E-state index in [0.29, 0.717) is 6.54 Å². The van der Waals surface area contributed by atoms with E-state index in [1.165, 1.54) is 11.6 Å². The van der Waals surface area contributed by atoms with Gasteiger partial charge in [-0.2, -0.15) is 0 Å². The van der Waals surface area contributed by atoms with Gasteiger partial charge >= 0.3 is 5.97 Å². The minimum atomic E-state index is -0.893. The summed E-state index contributed by atoms with van der Waals surface area (Å²) in [6.45, 7) is 0.593. The molecule has 0 heterocycles. The van der Waals surface area contributed by atoms with Crippen LogP contribution in [0.4, 0.5) is 0 Å². The Morgan fingerprint density at radius 3 is 2.44 bits per heavy atom. The molecule has 0 fully saturated rings. The van der Waals surface area contributed by atoms with E-state index in [2.05, 4.69) is 5.32 Å². The van der Waals surface area contributed by atoms with E-state index in [1.807, 2.05) is 30.3 Å². The van der Waals surface area contributed by atoms with Gasteiger partial charge in [0.05, 0.1) is 6.42 Å². The monoisotopic (exact) mass is 247 g/mol. The van der Waals surface area contributed by atoms with Gasteiger partial charge in [-0.1, -0.05) is 42.5 Å². The zero-order valence-corrected chi connectivity index (χ0v) is 10.1. The molecule has 0 unspecified atom stereocenters. The molecule has 0 radical (unpaired) electrons. The van der Waals surface area contributed by atoms with Gasteiger partial charge in [-0.3, -0.25) is 9.59 Å². The summed E-state index contributed by atoms with van der Waals surface area (Å²) in [6.07, 6.45) is 4.04. The Morgan fingerprint density at radius 1 is 1.11 bits per heavy atom. The lowest BCUT2D eigenvalue weighted by molar-refractivity contribution is -0.136. The van der Waals surface area contributed by atoms with Crippen LogP contribution in [0.15, 0.2) is 42.5 Å². The highest BCUT2D eigenvalue weighted by Gasteiger charge is 1.98. The number of carboxylic acid groups (broad SMARTS) is 1. The van der Waals surface area contributed by atoms with Crippen LogP contribution in [0.1, 0.15) is 18.4 Å². The van der Waals surface area contributed by atoms with Gasteiger partial charge in [0.25, 0.3) is 0 Å². The SMILES string of the molecule is O=C(O)CC=CCC(=O)NCCc1ccccc1. The first kappa shape index (κ1) is 14.0. The molecule has 0 saturated carbocycles. The number of carbonyl (C=O) groups is 2. The lowest BCUT2D eigenvalue weighted by atomic mass is 10.1. The average Bonchev–Trinajstić information content (AvgIpc) is 2.36. The van der Waals surface area contributed by atoms with Gasteiger partial charge in [-0.15, -0.1) is 0 Å². The van der Waals surface area contributed by atoms with E-state index in [9.17, 15) is 9.59 Å². The van der Waals surface area contributed by atoms with Crippen molar-refractivity contribution in [2.45, 2.75) is 19.3 Å². The molecule has 18 heavy (non-hydrogen) atoms. The maximum Gasteiger partial charge on any atom is 0.307 e. The number of nitrogens with one attached hydrogen (secondary N) is 1. The van der Waals surface area contributed by atoms with Gasteiger partial charge in [-0.25, -0.2) is 0 Å². The predicted octanol–water partition coefficient (Wildman–Crippen LogP) is 1.77. The third kappa shape index (κ3) is 6.48. The molecular formula is C14H17NO3. The summed E-state index contributed by atoms with van der Waals surface area (Å²) < 4.78 is 0. The molecule has 1 amide bonds. The number of carbonyl (C=O) groups excluding carboxylic acids is 1. The van der Waals surface area contributed by atoms with Crippen LogP contribution in [0.25, 0.3) is 0 Å². The fraction of sp³-hybridized carbons (Fsp3) is 0.286. The smallest absolute Gasteiger partial charge is 0.307 e. The maximum atomic E-state index is 11.4. The first-order valence-corrected chi connectivity index (χ1v) is 5.86. The average molecular weight is 247 g/mol. The second-order valence-electron chi connectivity index (χ2n) is 3.86. The molecule has 0 aliphatic rings. The topological polar surface area (TPSA) is 66.4 Å². The molecule has 0 atom stereocenters. The normalized spacial score (nSPS) is 10.4. The predicted molar refractivity (Wildman–Crippen MR) is 69.2 cm³/mol. The van der Waals surface area contributed by atoms with E-state index < -0.39 is 5.97 Å². The number of hydrogen-bond donors (Lipinski definition) is 2. The Hall–Kier alpha value is -2.10. The third-order valence-corrected chi connectivity index (χ3v) is 2.34. The van der Waals surface area contributed by atoms with Crippen molar-refractivity contribution < 1.29 is 14.7 Å². The number of amides is 1. The summed E-state index contributed by atoms with van der Waals surface area (Å²) in [5.74, 6) is -0.983. The zero-order chi connectivity index (χ0) is 13.2. The first-order valence-electron chi connectivity index (χ1n) is 5.86. The summed E-state index contributed by atoms with van der Waals surface area (Å²) in [7, 11) is 0.